The molecule has 6 heteroatoms. The molecule has 1 heterocycles. The number of ether oxygens (including phenoxy) is 1. The number of rotatable bonds is 7. The van der Waals surface area contributed by atoms with Gasteiger partial charge in [0.2, 0.25) is 0 Å². The van der Waals surface area contributed by atoms with E-state index in [0.717, 1.165) is 19.4 Å². The van der Waals surface area contributed by atoms with Crippen LogP contribution in [0.15, 0.2) is 6.33 Å². The molecule has 0 atom stereocenters. The zero-order valence-corrected chi connectivity index (χ0v) is 11.2. The van der Waals surface area contributed by atoms with E-state index in [1.807, 2.05) is 6.92 Å². The maximum atomic E-state index is 11.8. The lowest BCUT2D eigenvalue weighted by atomic mass is 10.3. The van der Waals surface area contributed by atoms with Gasteiger partial charge >= 0.3 is 5.97 Å². The SMILES string of the molecule is CCCCOC(=O)c1ncnc(NCC2CC2)c1N. The summed E-state index contributed by atoms with van der Waals surface area (Å²) in [5, 5.41) is 3.15. The summed E-state index contributed by atoms with van der Waals surface area (Å²) in [4.78, 5) is 19.8. The van der Waals surface area contributed by atoms with Gasteiger partial charge in [0.05, 0.1) is 6.61 Å². The van der Waals surface area contributed by atoms with Crippen LogP contribution in [-0.4, -0.2) is 29.1 Å². The van der Waals surface area contributed by atoms with Crippen LogP contribution in [0.1, 0.15) is 43.1 Å². The molecule has 1 aliphatic carbocycles. The minimum Gasteiger partial charge on any atom is -0.461 e. The van der Waals surface area contributed by atoms with Crippen molar-refractivity contribution in [3.8, 4) is 0 Å². The van der Waals surface area contributed by atoms with Crippen LogP contribution in [-0.2, 0) is 4.74 Å². The van der Waals surface area contributed by atoms with Gasteiger partial charge in [-0.3, -0.25) is 0 Å². The molecule has 0 radical (unpaired) electrons. The fourth-order valence-corrected chi connectivity index (χ4v) is 1.64. The summed E-state index contributed by atoms with van der Waals surface area (Å²) in [5.41, 5.74) is 6.32. The second kappa shape index (κ2) is 6.36. The Hall–Kier alpha value is -1.85. The van der Waals surface area contributed by atoms with Crippen molar-refractivity contribution in [3.63, 3.8) is 0 Å². The predicted molar refractivity (Wildman–Crippen MR) is 72.8 cm³/mol. The number of carbonyl (C=O) groups excluding carboxylic acids is 1. The zero-order chi connectivity index (χ0) is 13.7. The molecule has 2 rings (SSSR count). The van der Waals surface area contributed by atoms with Gasteiger partial charge in [-0.25, -0.2) is 14.8 Å². The van der Waals surface area contributed by atoms with Crippen LogP contribution >= 0.6 is 0 Å². The third-order valence-corrected chi connectivity index (χ3v) is 3.06. The second-order valence-electron chi connectivity index (χ2n) is 4.80. The standard InChI is InChI=1S/C13H20N4O2/c1-2-3-6-19-13(18)11-10(14)12(17-8-16-11)15-7-9-4-5-9/h8-9H,2-7,14H2,1H3,(H,15,16,17). The van der Waals surface area contributed by atoms with Gasteiger partial charge in [-0.05, 0) is 25.2 Å². The lowest BCUT2D eigenvalue weighted by Gasteiger charge is -2.10. The van der Waals surface area contributed by atoms with Crippen LogP contribution in [0, 0.1) is 5.92 Å². The first-order valence-corrected chi connectivity index (χ1v) is 6.73. The monoisotopic (exact) mass is 264 g/mol. The Kier molecular flexibility index (Phi) is 4.54. The van der Waals surface area contributed by atoms with Gasteiger partial charge in [-0.15, -0.1) is 0 Å². The maximum Gasteiger partial charge on any atom is 0.359 e. The fourth-order valence-electron chi connectivity index (χ4n) is 1.64. The molecule has 1 saturated carbocycles. The lowest BCUT2D eigenvalue weighted by Crippen LogP contribution is -2.15. The number of hydrogen-bond donors (Lipinski definition) is 2. The number of unbranched alkanes of at least 4 members (excludes halogenated alkanes) is 1. The number of nitrogens with two attached hydrogens (primary N) is 1. The molecule has 0 saturated heterocycles. The van der Waals surface area contributed by atoms with Gasteiger partial charge < -0.3 is 15.8 Å². The van der Waals surface area contributed by atoms with Gasteiger partial charge in [0.15, 0.2) is 11.5 Å². The Bertz CT molecular complexity index is 446. The average Bonchev–Trinajstić information content (AvgIpc) is 3.22. The first-order chi connectivity index (χ1) is 9.22. The van der Waals surface area contributed by atoms with Crippen molar-refractivity contribution in [2.45, 2.75) is 32.6 Å². The van der Waals surface area contributed by atoms with E-state index in [0.29, 0.717) is 18.3 Å². The van der Waals surface area contributed by atoms with Crippen LogP contribution in [0.5, 0.6) is 0 Å². The topological polar surface area (TPSA) is 90.1 Å². The minimum absolute atomic E-state index is 0.143. The lowest BCUT2D eigenvalue weighted by molar-refractivity contribution is 0.0494. The van der Waals surface area contributed by atoms with Crippen LogP contribution in [0.4, 0.5) is 11.5 Å². The van der Waals surface area contributed by atoms with E-state index in [1.165, 1.54) is 19.2 Å². The molecular weight excluding hydrogens is 244 g/mol. The van der Waals surface area contributed by atoms with Gasteiger partial charge in [0, 0.05) is 6.54 Å². The first-order valence-electron chi connectivity index (χ1n) is 6.73. The van der Waals surface area contributed by atoms with Crippen molar-refractivity contribution >= 4 is 17.5 Å². The number of aromatic nitrogens is 2. The second-order valence-corrected chi connectivity index (χ2v) is 4.80. The summed E-state index contributed by atoms with van der Waals surface area (Å²) < 4.78 is 5.11. The average molecular weight is 264 g/mol. The predicted octanol–water partition coefficient (Wildman–Crippen LogP) is 1.84. The van der Waals surface area contributed by atoms with E-state index in [2.05, 4.69) is 15.3 Å². The van der Waals surface area contributed by atoms with Gasteiger partial charge in [0.25, 0.3) is 0 Å². The van der Waals surface area contributed by atoms with Crippen molar-refractivity contribution in [1.29, 1.82) is 0 Å². The largest absolute Gasteiger partial charge is 0.461 e. The van der Waals surface area contributed by atoms with Gasteiger partial charge in [-0.1, -0.05) is 13.3 Å². The summed E-state index contributed by atoms with van der Waals surface area (Å²) >= 11 is 0. The maximum absolute atomic E-state index is 11.8. The highest BCUT2D eigenvalue weighted by molar-refractivity contribution is 5.95. The van der Waals surface area contributed by atoms with Crippen LogP contribution in [0.2, 0.25) is 0 Å². The molecular formula is C13H20N4O2. The number of esters is 1. The highest BCUT2D eigenvalue weighted by atomic mass is 16.5. The minimum atomic E-state index is -0.483. The van der Waals surface area contributed by atoms with Crippen LogP contribution in [0.25, 0.3) is 0 Å². The number of nitrogens with zero attached hydrogens (tertiary/aromatic N) is 2. The van der Waals surface area contributed by atoms with E-state index in [1.54, 1.807) is 0 Å². The third-order valence-electron chi connectivity index (χ3n) is 3.06. The summed E-state index contributed by atoms with van der Waals surface area (Å²) in [6, 6.07) is 0. The molecule has 0 aliphatic heterocycles. The number of nitrogens with one attached hydrogen (secondary N) is 1. The number of anilines is 2. The molecule has 104 valence electrons. The number of carbonyl (C=O) groups is 1. The Labute approximate surface area is 112 Å². The molecule has 1 aromatic heterocycles. The summed E-state index contributed by atoms with van der Waals surface area (Å²) in [7, 11) is 0. The highest BCUT2D eigenvalue weighted by Crippen LogP contribution is 2.29. The number of hydrogen-bond acceptors (Lipinski definition) is 6. The van der Waals surface area contributed by atoms with E-state index >= 15 is 0 Å². The Morgan fingerprint density at radius 3 is 3.00 bits per heavy atom. The van der Waals surface area contributed by atoms with Crippen molar-refractivity contribution in [1.82, 2.24) is 9.97 Å². The summed E-state index contributed by atoms with van der Waals surface area (Å²) in [5.74, 6) is 0.737. The zero-order valence-electron chi connectivity index (χ0n) is 11.2. The Balaban J connectivity index is 1.98. The molecule has 1 fully saturated rings. The molecule has 0 spiro atoms. The fraction of sp³-hybridized carbons (Fsp3) is 0.615. The molecule has 0 amide bonds. The van der Waals surface area contributed by atoms with Crippen molar-refractivity contribution in [2.24, 2.45) is 5.92 Å². The van der Waals surface area contributed by atoms with E-state index in [9.17, 15) is 4.79 Å². The molecule has 1 aliphatic rings. The van der Waals surface area contributed by atoms with Gasteiger partial charge in [-0.2, -0.15) is 0 Å². The molecule has 1 aromatic rings. The quantitative estimate of drug-likeness (QED) is 0.577. The smallest absolute Gasteiger partial charge is 0.359 e. The Morgan fingerprint density at radius 2 is 2.32 bits per heavy atom. The van der Waals surface area contributed by atoms with Crippen LogP contribution in [0.3, 0.4) is 0 Å². The molecule has 0 aromatic carbocycles. The highest BCUT2D eigenvalue weighted by Gasteiger charge is 2.22. The van der Waals surface area contributed by atoms with Crippen LogP contribution < -0.4 is 11.1 Å². The van der Waals surface area contributed by atoms with Crippen molar-refractivity contribution < 1.29 is 9.53 Å². The van der Waals surface area contributed by atoms with Crippen molar-refractivity contribution in [2.75, 3.05) is 24.2 Å². The van der Waals surface area contributed by atoms with Gasteiger partial charge in [0.1, 0.15) is 12.0 Å². The first kappa shape index (κ1) is 13.6. The third kappa shape index (κ3) is 3.81. The van der Waals surface area contributed by atoms with Crippen molar-refractivity contribution in [3.05, 3.63) is 12.0 Å². The normalized spacial score (nSPS) is 14.2. The molecule has 6 nitrogen and oxygen atoms in total. The van der Waals surface area contributed by atoms with E-state index in [-0.39, 0.29) is 11.4 Å². The summed E-state index contributed by atoms with van der Waals surface area (Å²) in [6.07, 6.45) is 5.63. The van der Waals surface area contributed by atoms with E-state index < -0.39 is 5.97 Å². The molecule has 3 N–H and O–H groups in total. The summed E-state index contributed by atoms with van der Waals surface area (Å²) in [6.45, 7) is 3.27. The number of nitrogen functional groups attached to an aromatic ring is 1. The molecule has 19 heavy (non-hydrogen) atoms. The Morgan fingerprint density at radius 1 is 1.53 bits per heavy atom. The molecule has 0 unspecified atom stereocenters. The molecule has 0 bridgehead atoms. The van der Waals surface area contributed by atoms with E-state index in [4.69, 9.17) is 10.5 Å².